The summed E-state index contributed by atoms with van der Waals surface area (Å²) in [6.07, 6.45) is 5.05. The number of carbonyl (C=O) groups is 1. The molecule has 5 heteroatoms. The highest BCUT2D eigenvalue weighted by molar-refractivity contribution is 5.79. The molecule has 25 heavy (non-hydrogen) atoms. The number of likely N-dealkylation sites (tertiary alicyclic amines) is 1. The smallest absolute Gasteiger partial charge is 0.227 e. The molecule has 1 amide bonds. The lowest BCUT2D eigenvalue weighted by atomic mass is 10.1. The van der Waals surface area contributed by atoms with Crippen molar-refractivity contribution >= 4 is 16.9 Å². The van der Waals surface area contributed by atoms with Crippen LogP contribution >= 0.6 is 0 Å². The van der Waals surface area contributed by atoms with Gasteiger partial charge in [-0.05, 0) is 25.0 Å². The van der Waals surface area contributed by atoms with Crippen LogP contribution < -0.4 is 0 Å². The minimum Gasteiger partial charge on any atom is -0.342 e. The molecule has 0 saturated carbocycles. The molecule has 0 radical (unpaired) electrons. The number of pyridine rings is 1. The Kier molecular flexibility index (Phi) is 3.99. The van der Waals surface area contributed by atoms with Gasteiger partial charge in [0.25, 0.3) is 0 Å². The number of amides is 1. The van der Waals surface area contributed by atoms with E-state index in [-0.39, 0.29) is 5.91 Å². The van der Waals surface area contributed by atoms with Gasteiger partial charge in [-0.25, -0.2) is 4.98 Å². The average molecular weight is 334 g/mol. The fourth-order valence-corrected chi connectivity index (χ4v) is 3.61. The topological polar surface area (TPSA) is 51.0 Å². The molecule has 0 bridgehead atoms. The summed E-state index contributed by atoms with van der Waals surface area (Å²) in [5.41, 5.74) is 4.31. The van der Waals surface area contributed by atoms with Gasteiger partial charge >= 0.3 is 0 Å². The second-order valence-corrected chi connectivity index (χ2v) is 6.88. The zero-order valence-corrected chi connectivity index (χ0v) is 14.6. The van der Waals surface area contributed by atoms with Crippen LogP contribution in [0.3, 0.4) is 0 Å². The van der Waals surface area contributed by atoms with Gasteiger partial charge in [0.15, 0.2) is 0 Å². The normalized spacial score (nSPS) is 17.4. The van der Waals surface area contributed by atoms with Crippen molar-refractivity contribution in [3.8, 4) is 0 Å². The molecule has 1 aromatic carbocycles. The molecular weight excluding hydrogens is 312 g/mol. The predicted octanol–water partition coefficient (Wildman–Crippen LogP) is 2.84. The lowest BCUT2D eigenvalue weighted by Crippen LogP contribution is -2.30. The van der Waals surface area contributed by atoms with Crippen LogP contribution in [0.4, 0.5) is 0 Å². The Morgan fingerprint density at radius 3 is 2.80 bits per heavy atom. The largest absolute Gasteiger partial charge is 0.342 e. The molecule has 128 valence electrons. The first kappa shape index (κ1) is 15.8. The van der Waals surface area contributed by atoms with Gasteiger partial charge in [-0.1, -0.05) is 29.8 Å². The Morgan fingerprint density at radius 2 is 2.04 bits per heavy atom. The van der Waals surface area contributed by atoms with E-state index in [0.717, 1.165) is 41.9 Å². The number of hydrogen-bond acceptors (Lipinski definition) is 3. The number of benzene rings is 1. The average Bonchev–Trinajstić information content (AvgIpc) is 3.22. The minimum atomic E-state index is 0.201. The van der Waals surface area contributed by atoms with Crippen LogP contribution in [0.2, 0.25) is 0 Å². The van der Waals surface area contributed by atoms with Crippen molar-refractivity contribution in [3.05, 3.63) is 59.7 Å². The number of aromatic nitrogens is 3. The first-order chi connectivity index (χ1) is 12.1. The Balaban J connectivity index is 1.47. The summed E-state index contributed by atoms with van der Waals surface area (Å²) in [6, 6.07) is 10.1. The molecule has 3 aromatic rings. The Hall–Kier alpha value is -2.69. The van der Waals surface area contributed by atoms with E-state index in [1.54, 1.807) is 6.20 Å². The monoisotopic (exact) mass is 334 g/mol. The molecule has 3 heterocycles. The highest BCUT2D eigenvalue weighted by atomic mass is 16.2. The molecule has 1 fully saturated rings. The Morgan fingerprint density at radius 1 is 1.24 bits per heavy atom. The highest BCUT2D eigenvalue weighted by Gasteiger charge is 2.30. The standard InChI is InChI=1S/C20H22N4O/c1-14-3-5-15(6-4-14)11-19(25)24-10-8-16(13-24)20-22-17-7-9-21-12-18(17)23(20)2/h3-7,9,12,16H,8,10-11,13H2,1-2H3/t16-/m0/s1. The summed E-state index contributed by atoms with van der Waals surface area (Å²) >= 11 is 0. The Labute approximate surface area is 147 Å². The molecule has 0 N–H and O–H groups in total. The summed E-state index contributed by atoms with van der Waals surface area (Å²) in [5, 5.41) is 0. The van der Waals surface area contributed by atoms with E-state index < -0.39 is 0 Å². The number of carbonyl (C=O) groups excluding carboxylic acids is 1. The maximum absolute atomic E-state index is 12.6. The van der Waals surface area contributed by atoms with Crippen molar-refractivity contribution in [1.29, 1.82) is 0 Å². The number of imidazole rings is 1. The molecule has 4 rings (SSSR count). The van der Waals surface area contributed by atoms with Crippen molar-refractivity contribution in [2.75, 3.05) is 13.1 Å². The predicted molar refractivity (Wildman–Crippen MR) is 97.3 cm³/mol. The zero-order valence-electron chi connectivity index (χ0n) is 14.6. The number of aryl methyl sites for hydroxylation is 2. The third-order valence-corrected chi connectivity index (χ3v) is 5.10. The van der Waals surface area contributed by atoms with Gasteiger partial charge in [-0.3, -0.25) is 9.78 Å². The second-order valence-electron chi connectivity index (χ2n) is 6.88. The van der Waals surface area contributed by atoms with Gasteiger partial charge in [0.1, 0.15) is 5.82 Å². The number of hydrogen-bond donors (Lipinski definition) is 0. The number of rotatable bonds is 3. The molecular formula is C20H22N4O. The molecule has 5 nitrogen and oxygen atoms in total. The lowest BCUT2D eigenvalue weighted by molar-refractivity contribution is -0.129. The second kappa shape index (κ2) is 6.31. The van der Waals surface area contributed by atoms with Crippen LogP contribution in [0.15, 0.2) is 42.7 Å². The van der Waals surface area contributed by atoms with Gasteiger partial charge in [-0.2, -0.15) is 0 Å². The van der Waals surface area contributed by atoms with E-state index in [4.69, 9.17) is 4.98 Å². The molecule has 1 saturated heterocycles. The van der Waals surface area contributed by atoms with Crippen LogP contribution in [-0.4, -0.2) is 38.4 Å². The molecule has 0 spiro atoms. The molecule has 2 aromatic heterocycles. The van der Waals surface area contributed by atoms with Gasteiger partial charge < -0.3 is 9.47 Å². The van der Waals surface area contributed by atoms with Gasteiger partial charge in [0.05, 0.1) is 23.7 Å². The minimum absolute atomic E-state index is 0.201. The zero-order chi connectivity index (χ0) is 17.4. The maximum Gasteiger partial charge on any atom is 0.227 e. The summed E-state index contributed by atoms with van der Waals surface area (Å²) in [5.74, 6) is 1.54. The van der Waals surface area contributed by atoms with Crippen molar-refractivity contribution in [1.82, 2.24) is 19.4 Å². The number of nitrogens with zero attached hydrogens (tertiary/aromatic N) is 4. The third-order valence-electron chi connectivity index (χ3n) is 5.10. The quantitative estimate of drug-likeness (QED) is 0.740. The molecule has 1 aliphatic heterocycles. The van der Waals surface area contributed by atoms with Crippen LogP contribution in [-0.2, 0) is 18.3 Å². The van der Waals surface area contributed by atoms with E-state index in [1.165, 1.54) is 5.56 Å². The lowest BCUT2D eigenvalue weighted by Gasteiger charge is -2.16. The van der Waals surface area contributed by atoms with E-state index in [9.17, 15) is 4.79 Å². The molecule has 0 unspecified atom stereocenters. The molecule has 0 aliphatic carbocycles. The van der Waals surface area contributed by atoms with Gasteiger partial charge in [0, 0.05) is 32.3 Å². The van der Waals surface area contributed by atoms with E-state index >= 15 is 0 Å². The van der Waals surface area contributed by atoms with Crippen LogP contribution in [0.25, 0.3) is 11.0 Å². The highest BCUT2D eigenvalue weighted by Crippen LogP contribution is 2.29. The molecule has 1 atom stereocenters. The van der Waals surface area contributed by atoms with Crippen LogP contribution in [0, 0.1) is 6.92 Å². The fourth-order valence-electron chi connectivity index (χ4n) is 3.61. The summed E-state index contributed by atoms with van der Waals surface area (Å²) in [4.78, 5) is 23.5. The SMILES string of the molecule is Cc1ccc(CC(=O)N2CC[C@H](c3nc4ccncc4n3C)C2)cc1. The summed E-state index contributed by atoms with van der Waals surface area (Å²) < 4.78 is 2.11. The van der Waals surface area contributed by atoms with Crippen molar-refractivity contribution in [3.63, 3.8) is 0 Å². The Bertz CT molecular complexity index is 913. The van der Waals surface area contributed by atoms with E-state index in [2.05, 4.69) is 28.6 Å². The van der Waals surface area contributed by atoms with Crippen LogP contribution in [0.1, 0.15) is 29.3 Å². The van der Waals surface area contributed by atoms with E-state index in [1.807, 2.05) is 36.3 Å². The van der Waals surface area contributed by atoms with Crippen molar-refractivity contribution < 1.29 is 4.79 Å². The summed E-state index contributed by atoms with van der Waals surface area (Å²) in [7, 11) is 2.03. The van der Waals surface area contributed by atoms with Crippen LogP contribution in [0.5, 0.6) is 0 Å². The first-order valence-corrected chi connectivity index (χ1v) is 8.71. The third kappa shape index (κ3) is 3.02. The van der Waals surface area contributed by atoms with Crippen molar-refractivity contribution in [2.45, 2.75) is 25.7 Å². The van der Waals surface area contributed by atoms with Crippen molar-refractivity contribution in [2.24, 2.45) is 7.05 Å². The fraction of sp³-hybridized carbons (Fsp3) is 0.350. The maximum atomic E-state index is 12.6. The molecule has 1 aliphatic rings. The number of fused-ring (bicyclic) bond motifs is 1. The first-order valence-electron chi connectivity index (χ1n) is 8.71. The van der Waals surface area contributed by atoms with Gasteiger partial charge in [0.2, 0.25) is 5.91 Å². The summed E-state index contributed by atoms with van der Waals surface area (Å²) in [6.45, 7) is 3.61. The van der Waals surface area contributed by atoms with E-state index in [0.29, 0.717) is 12.3 Å². The van der Waals surface area contributed by atoms with Gasteiger partial charge in [-0.15, -0.1) is 0 Å².